The lowest BCUT2D eigenvalue weighted by molar-refractivity contribution is -0.385. The van der Waals surface area contributed by atoms with Gasteiger partial charge in [-0.25, -0.2) is 19.9 Å². The third kappa shape index (κ3) is 18.3. The Labute approximate surface area is 507 Å². The highest BCUT2D eigenvalue weighted by atomic mass is 35.5. The molecule has 0 saturated heterocycles. The van der Waals surface area contributed by atoms with Crippen molar-refractivity contribution in [2.24, 2.45) is 37.8 Å². The molecule has 0 atom stereocenters. The molecule has 456 valence electrons. The van der Waals surface area contributed by atoms with Gasteiger partial charge in [0.1, 0.15) is 57.8 Å². The van der Waals surface area contributed by atoms with Gasteiger partial charge in [-0.1, -0.05) is 69.9 Å². The van der Waals surface area contributed by atoms with E-state index in [4.69, 9.17) is 26.8 Å². The number of aliphatic hydroxyl groups excluding tert-OH is 1. The number of halogens is 1. The Kier molecular flexibility index (Phi) is 26.1. The maximum Gasteiger partial charge on any atom is 0.291 e. The number of pyridine rings is 4. The third-order valence-electron chi connectivity index (χ3n) is 17.1. The van der Waals surface area contributed by atoms with Crippen molar-refractivity contribution in [3.63, 3.8) is 0 Å². The smallest absolute Gasteiger partial charge is 0.291 e. The van der Waals surface area contributed by atoms with Crippen LogP contribution >= 0.6 is 11.6 Å². The van der Waals surface area contributed by atoms with Gasteiger partial charge >= 0.3 is 0 Å². The molecule has 0 bridgehead atoms. The van der Waals surface area contributed by atoms with E-state index in [2.05, 4.69) is 67.5 Å². The van der Waals surface area contributed by atoms with Gasteiger partial charge in [-0.15, -0.1) is 0 Å². The summed E-state index contributed by atoms with van der Waals surface area (Å²) in [5, 5.41) is 61.8. The molecule has 4 aliphatic carbocycles. The Balaban J connectivity index is 0.000000175. The molecule has 4 saturated carbocycles. The van der Waals surface area contributed by atoms with Crippen LogP contribution in [0.2, 0.25) is 5.15 Å². The van der Waals surface area contributed by atoms with E-state index in [0.717, 1.165) is 109 Å². The number of aliphatic hydroxyl groups is 1. The Morgan fingerprint density at radius 1 is 0.588 bits per heavy atom. The van der Waals surface area contributed by atoms with Gasteiger partial charge in [-0.2, -0.15) is 15.8 Å². The summed E-state index contributed by atoms with van der Waals surface area (Å²) < 4.78 is 4.07. The average molecular weight is 1180 g/mol. The second kappa shape index (κ2) is 33.3. The van der Waals surface area contributed by atoms with Crippen LogP contribution in [0, 0.1) is 91.7 Å². The van der Waals surface area contributed by atoms with Gasteiger partial charge < -0.3 is 34.3 Å². The van der Waals surface area contributed by atoms with E-state index in [0.29, 0.717) is 23.0 Å². The molecule has 4 fully saturated rings. The lowest BCUT2D eigenvalue weighted by atomic mass is 10.1. The first-order valence-electron chi connectivity index (χ1n) is 30.7. The quantitative estimate of drug-likeness (QED) is 0.0460. The van der Waals surface area contributed by atoms with E-state index in [9.17, 15) is 35.9 Å². The second-order valence-electron chi connectivity index (χ2n) is 22.9. The Bertz CT molecular complexity index is 3280. The fourth-order valence-corrected chi connectivity index (χ4v) is 12.4. The van der Waals surface area contributed by atoms with Gasteiger partial charge in [0.15, 0.2) is 0 Å². The Morgan fingerprint density at radius 2 is 0.965 bits per heavy atom. The van der Waals surface area contributed by atoms with E-state index in [1.165, 1.54) is 122 Å². The molecule has 0 aliphatic heterocycles. The normalized spacial score (nSPS) is 15.1. The molecule has 4 aliphatic rings. The molecule has 85 heavy (non-hydrogen) atoms. The monoisotopic (exact) mass is 1180 g/mol. The number of nitrogens with zero attached hydrogens (tertiary/aromatic N) is 14. The fourth-order valence-electron chi connectivity index (χ4n) is 12.2. The first-order chi connectivity index (χ1) is 41.0. The van der Waals surface area contributed by atoms with Crippen molar-refractivity contribution in [1.29, 1.82) is 15.8 Å². The fraction of sp³-hybridized carbons (Fsp3) is 0.578. The van der Waals surface area contributed by atoms with E-state index < -0.39 is 9.85 Å². The Hall–Kier alpha value is -7.44. The summed E-state index contributed by atoms with van der Waals surface area (Å²) in [6, 6.07) is 16.7. The third-order valence-corrected chi connectivity index (χ3v) is 17.4. The van der Waals surface area contributed by atoms with E-state index in [-0.39, 0.29) is 40.0 Å². The number of aromatic nitrogens is 6. The number of nitro groups is 2. The summed E-state index contributed by atoms with van der Waals surface area (Å²) in [7, 11) is 4.00. The molecule has 6 aromatic heterocycles. The Morgan fingerprint density at radius 3 is 1.38 bits per heavy atom. The molecule has 0 aromatic carbocycles. The van der Waals surface area contributed by atoms with Crippen LogP contribution in [0.4, 0.5) is 28.8 Å². The number of hydrogen-bond donors (Lipinski definition) is 2. The molecular weight excluding hydrogens is 1090 g/mol. The molecule has 0 radical (unpaired) electrons. The van der Waals surface area contributed by atoms with Gasteiger partial charge in [-0.3, -0.25) is 20.2 Å². The van der Waals surface area contributed by atoms with Crippen molar-refractivity contribution in [1.82, 2.24) is 34.4 Å². The minimum atomic E-state index is -0.598. The van der Waals surface area contributed by atoms with Crippen molar-refractivity contribution < 1.29 is 15.0 Å². The van der Waals surface area contributed by atoms with Crippen LogP contribution in [0.15, 0.2) is 48.8 Å². The summed E-state index contributed by atoms with van der Waals surface area (Å²) in [6.07, 6.45) is 25.5. The minimum absolute atomic E-state index is 0.00870. The van der Waals surface area contributed by atoms with Crippen LogP contribution < -0.4 is 20.0 Å². The summed E-state index contributed by atoms with van der Waals surface area (Å²) in [6.45, 7) is 19.6. The average Bonchev–Trinajstić information content (AvgIpc) is 4.49. The number of hydrogen-bond acceptors (Lipinski definition) is 16. The highest BCUT2D eigenvalue weighted by Crippen LogP contribution is 2.34. The molecule has 0 amide bonds. The van der Waals surface area contributed by atoms with Crippen LogP contribution in [-0.2, 0) is 20.7 Å². The molecule has 0 unspecified atom stereocenters. The molecule has 10 rings (SSSR count). The number of nitriles is 3. The van der Waals surface area contributed by atoms with Gasteiger partial charge in [-0.05, 0) is 147 Å². The van der Waals surface area contributed by atoms with Crippen LogP contribution in [-0.4, -0.2) is 96.4 Å². The van der Waals surface area contributed by atoms with Crippen molar-refractivity contribution in [2.45, 2.75) is 151 Å². The number of fused-ring (bicyclic) bond motifs is 2. The zero-order chi connectivity index (χ0) is 61.6. The lowest BCUT2D eigenvalue weighted by Crippen LogP contribution is -2.30. The number of anilines is 3. The summed E-state index contributed by atoms with van der Waals surface area (Å²) in [4.78, 5) is 44.6. The molecule has 0 spiro atoms. The van der Waals surface area contributed by atoms with Crippen LogP contribution in [0.5, 0.6) is 0 Å². The largest absolute Gasteiger partial charge is 0.392 e. The van der Waals surface area contributed by atoms with E-state index in [1.54, 1.807) is 13.0 Å². The predicted molar refractivity (Wildman–Crippen MR) is 338 cm³/mol. The first kappa shape index (κ1) is 66.7. The molecule has 6 heterocycles. The second-order valence-corrected chi connectivity index (χ2v) is 23.3. The molecule has 20 nitrogen and oxygen atoms in total. The minimum Gasteiger partial charge on any atom is -0.392 e. The highest BCUT2D eigenvalue weighted by Gasteiger charge is 2.26. The zero-order valence-corrected chi connectivity index (χ0v) is 52.1. The van der Waals surface area contributed by atoms with Crippen molar-refractivity contribution in [3.8, 4) is 18.2 Å². The molecule has 21 heteroatoms. The van der Waals surface area contributed by atoms with Gasteiger partial charge in [0.25, 0.3) is 11.4 Å². The zero-order valence-electron chi connectivity index (χ0n) is 51.3. The van der Waals surface area contributed by atoms with Crippen molar-refractivity contribution in [2.75, 3.05) is 67.1 Å². The number of aryl methyl sites for hydroxylation is 4. The first-order valence-corrected chi connectivity index (χ1v) is 31.0. The van der Waals surface area contributed by atoms with E-state index in [1.807, 2.05) is 62.2 Å². The van der Waals surface area contributed by atoms with Crippen molar-refractivity contribution >= 4 is 62.5 Å². The highest BCUT2D eigenvalue weighted by molar-refractivity contribution is 6.30. The lowest BCUT2D eigenvalue weighted by Gasteiger charge is -2.27. The number of rotatable bonds is 18. The summed E-state index contributed by atoms with van der Waals surface area (Å²) in [5.74, 6) is 5.57. The van der Waals surface area contributed by atoms with Crippen LogP contribution in [0.1, 0.15) is 164 Å². The molecular formula is C64H88ClN15O5. The predicted octanol–water partition coefficient (Wildman–Crippen LogP) is 13.3. The van der Waals surface area contributed by atoms with E-state index >= 15 is 0 Å². The van der Waals surface area contributed by atoms with Crippen LogP contribution in [0.25, 0.3) is 22.1 Å². The summed E-state index contributed by atoms with van der Waals surface area (Å²) >= 11 is 5.55. The van der Waals surface area contributed by atoms with Gasteiger partial charge in [0.05, 0.1) is 49.6 Å². The van der Waals surface area contributed by atoms with Gasteiger partial charge in [0, 0.05) is 83.5 Å². The molecule has 6 aromatic rings. The topological polar surface area (TPSA) is 261 Å². The number of nitrogens with one attached hydrogen (secondary N) is 1. The maximum absolute atomic E-state index is 11.0. The maximum atomic E-state index is 11.0. The summed E-state index contributed by atoms with van der Waals surface area (Å²) in [5.41, 5.74) is 6.28. The molecule has 2 N–H and O–H groups in total. The standard InChI is InChI=1S/C17H22N4.C17H25N3O.C15H20N4O2.C8H17N.C7H4ClN3O2/c1-3-21(12-13-6-4-5-7-13)17-14(11-18)10-16-15(19-17)8-9-20(16)2;1-3-20(11-13-6-4-5-7-13)17-14(12-21)10-16-15(18-17)8-9-19(16)2;1-3-18(10-12-6-4-5-7-12)15-13(9-16)8-14(19(20)21)11(2)17-15;1-2-9-7-8-5-3-4-6-8;1-4-6(11(12)13)2-5(3-9)7(8)10-4/h8-10,13H,3-7,12H2,1-2H3;8-10,13,21H,3-7,11-12H2,1-2H3;8,12H,3-7,10H2,1-2H3;8-9H,2-7H2,1H3;2H,1H3. The van der Waals surface area contributed by atoms with Gasteiger partial charge in [0.2, 0.25) is 0 Å². The van der Waals surface area contributed by atoms with Crippen molar-refractivity contribution in [3.05, 3.63) is 108 Å². The SMILES string of the molecule is CCN(CC1CCCC1)c1nc(C)c([N+](=O)[O-])cc1C#N.CCN(CC1CCCC1)c1nc2ccn(C)c2cc1C#N.CCN(CC1CCCC1)c1nc2ccn(C)c2cc1CO.CCNCC1CCCC1.Cc1nc(Cl)c(C#N)cc1[N+](=O)[O-]. The van der Waals surface area contributed by atoms with Crippen LogP contribution in [0.3, 0.4) is 0 Å².